The molecule has 0 saturated heterocycles. The molecule has 4 aromatic rings. The normalized spacial score (nSPS) is 11.4. The Balaban J connectivity index is 1.63. The molecule has 0 aliphatic carbocycles. The van der Waals surface area contributed by atoms with E-state index in [1.165, 1.54) is 23.8 Å². The van der Waals surface area contributed by atoms with Gasteiger partial charge in [0.25, 0.3) is 0 Å². The molecule has 4 aromatic carbocycles. The molecule has 0 radical (unpaired) electrons. The molecule has 0 heterocycles. The predicted octanol–water partition coefficient (Wildman–Crippen LogP) is 8.69. The number of hydrogen-bond acceptors (Lipinski definition) is 0. The number of halogens is 6. The topological polar surface area (TPSA) is 0 Å². The monoisotopic (exact) mass is 482 g/mol. The van der Waals surface area contributed by atoms with Crippen LogP contribution in [0.1, 0.15) is 42.0 Å². The van der Waals surface area contributed by atoms with Crippen LogP contribution in [0.4, 0.5) is 26.3 Å². The van der Waals surface area contributed by atoms with E-state index in [9.17, 15) is 22.0 Å². The van der Waals surface area contributed by atoms with Gasteiger partial charge in [0.15, 0.2) is 0 Å². The minimum absolute atomic E-state index is 0.161. The lowest BCUT2D eigenvalue weighted by Gasteiger charge is -2.12. The van der Waals surface area contributed by atoms with Crippen molar-refractivity contribution in [1.82, 2.24) is 0 Å². The summed E-state index contributed by atoms with van der Waals surface area (Å²) in [6.45, 7) is 2.14. The molecular formula is C29H20F6. The fraction of sp³-hybridized carbons (Fsp3) is 0.172. The van der Waals surface area contributed by atoms with Crippen molar-refractivity contribution in [2.24, 2.45) is 0 Å². The van der Waals surface area contributed by atoms with Gasteiger partial charge in [-0.2, -0.15) is 13.2 Å². The molecule has 0 nitrogen and oxygen atoms in total. The van der Waals surface area contributed by atoms with Gasteiger partial charge in [-0.3, -0.25) is 0 Å². The highest BCUT2D eigenvalue weighted by Gasteiger charge is 2.38. The van der Waals surface area contributed by atoms with E-state index in [0.717, 1.165) is 24.8 Å². The van der Waals surface area contributed by atoms with Crippen molar-refractivity contribution in [1.29, 1.82) is 0 Å². The van der Waals surface area contributed by atoms with Gasteiger partial charge in [0.1, 0.15) is 23.0 Å². The first-order chi connectivity index (χ1) is 16.7. The number of benzene rings is 4. The lowest BCUT2D eigenvalue weighted by atomic mass is 9.97. The summed E-state index contributed by atoms with van der Waals surface area (Å²) in [6.07, 6.45) is -1.91. The molecule has 0 aliphatic rings. The van der Waals surface area contributed by atoms with Gasteiger partial charge in [-0.15, -0.1) is 0 Å². The maximum atomic E-state index is 15.2. The summed E-state index contributed by atoms with van der Waals surface area (Å²) in [4.78, 5) is 0. The van der Waals surface area contributed by atoms with Crippen LogP contribution in [-0.2, 0) is 12.6 Å². The van der Waals surface area contributed by atoms with Gasteiger partial charge in [-0.25, -0.2) is 13.2 Å². The van der Waals surface area contributed by atoms with E-state index in [2.05, 4.69) is 18.8 Å². The maximum Gasteiger partial charge on any atom is 0.422 e. The number of alkyl halides is 3. The average Bonchev–Trinajstić information content (AvgIpc) is 2.81. The third-order valence-electron chi connectivity index (χ3n) is 5.71. The predicted molar refractivity (Wildman–Crippen MR) is 125 cm³/mol. The summed E-state index contributed by atoms with van der Waals surface area (Å²) in [5, 5.41) is 0.662. The minimum Gasteiger partial charge on any atom is -0.206 e. The zero-order valence-electron chi connectivity index (χ0n) is 18.7. The Bertz CT molecular complexity index is 1410. The highest BCUT2D eigenvalue weighted by molar-refractivity contribution is 5.89. The fourth-order valence-electron chi connectivity index (χ4n) is 3.87. The van der Waals surface area contributed by atoms with Crippen LogP contribution in [0.5, 0.6) is 0 Å². The SMILES string of the molecule is CCCCc1ccc(C#Cc2ccc3c(F)c(-c4cc(F)c(C(F)(F)F)c(F)c4)ccc3c2)cc1. The molecule has 178 valence electrons. The molecular weight excluding hydrogens is 462 g/mol. The van der Waals surface area contributed by atoms with Gasteiger partial charge in [0.05, 0.1) is 0 Å². The van der Waals surface area contributed by atoms with E-state index >= 15 is 4.39 Å². The third-order valence-corrected chi connectivity index (χ3v) is 5.71. The van der Waals surface area contributed by atoms with Crippen LogP contribution in [0.15, 0.2) is 66.7 Å². The molecule has 35 heavy (non-hydrogen) atoms. The highest BCUT2D eigenvalue weighted by Crippen LogP contribution is 2.37. The zero-order chi connectivity index (χ0) is 25.2. The Hall–Kier alpha value is -3.72. The van der Waals surface area contributed by atoms with Gasteiger partial charge in [-0.1, -0.05) is 55.5 Å². The quantitative estimate of drug-likeness (QED) is 0.202. The third kappa shape index (κ3) is 5.35. The summed E-state index contributed by atoms with van der Waals surface area (Å²) in [5.74, 6) is 1.73. The Kier molecular flexibility index (Phi) is 6.88. The van der Waals surface area contributed by atoms with E-state index in [-0.39, 0.29) is 16.5 Å². The first kappa shape index (κ1) is 24.4. The zero-order valence-corrected chi connectivity index (χ0v) is 18.7. The number of aryl methyl sites for hydroxylation is 1. The van der Waals surface area contributed by atoms with Gasteiger partial charge in [0.2, 0.25) is 0 Å². The van der Waals surface area contributed by atoms with Crippen LogP contribution in [0.3, 0.4) is 0 Å². The number of hydrogen-bond donors (Lipinski definition) is 0. The van der Waals surface area contributed by atoms with Crippen LogP contribution < -0.4 is 0 Å². The first-order valence-electron chi connectivity index (χ1n) is 11.1. The fourth-order valence-corrected chi connectivity index (χ4v) is 3.87. The Morgan fingerprint density at radius 2 is 1.37 bits per heavy atom. The second-order valence-electron chi connectivity index (χ2n) is 8.23. The Labute approximate surface area is 199 Å². The van der Waals surface area contributed by atoms with Crippen LogP contribution in [0.25, 0.3) is 21.9 Å². The lowest BCUT2D eigenvalue weighted by Crippen LogP contribution is -2.11. The summed E-state index contributed by atoms with van der Waals surface area (Å²) in [6, 6.07) is 16.6. The van der Waals surface area contributed by atoms with Crippen molar-refractivity contribution >= 4 is 10.8 Å². The van der Waals surface area contributed by atoms with E-state index < -0.39 is 29.2 Å². The van der Waals surface area contributed by atoms with Crippen LogP contribution in [0.2, 0.25) is 0 Å². The number of fused-ring (bicyclic) bond motifs is 1. The second-order valence-corrected chi connectivity index (χ2v) is 8.23. The molecule has 0 atom stereocenters. The lowest BCUT2D eigenvalue weighted by molar-refractivity contribution is -0.142. The Morgan fingerprint density at radius 3 is 2.00 bits per heavy atom. The van der Waals surface area contributed by atoms with Crippen molar-refractivity contribution in [3.63, 3.8) is 0 Å². The van der Waals surface area contributed by atoms with Crippen molar-refractivity contribution in [3.8, 4) is 23.0 Å². The van der Waals surface area contributed by atoms with E-state index in [1.54, 1.807) is 12.1 Å². The molecule has 0 aromatic heterocycles. The summed E-state index contributed by atoms with van der Waals surface area (Å²) < 4.78 is 81.7. The summed E-state index contributed by atoms with van der Waals surface area (Å²) in [7, 11) is 0. The van der Waals surface area contributed by atoms with Gasteiger partial charge in [0, 0.05) is 22.1 Å². The molecule has 0 fully saturated rings. The van der Waals surface area contributed by atoms with Crippen molar-refractivity contribution in [2.75, 3.05) is 0 Å². The van der Waals surface area contributed by atoms with E-state index in [4.69, 9.17) is 0 Å². The van der Waals surface area contributed by atoms with E-state index in [0.29, 0.717) is 23.1 Å². The molecule has 6 heteroatoms. The van der Waals surface area contributed by atoms with Crippen LogP contribution in [0, 0.1) is 29.3 Å². The van der Waals surface area contributed by atoms with Crippen molar-refractivity contribution < 1.29 is 26.3 Å². The van der Waals surface area contributed by atoms with Crippen molar-refractivity contribution in [3.05, 3.63) is 106 Å². The van der Waals surface area contributed by atoms with Crippen molar-refractivity contribution in [2.45, 2.75) is 32.4 Å². The summed E-state index contributed by atoms with van der Waals surface area (Å²) >= 11 is 0. The number of unbranched alkanes of at least 4 members (excludes halogenated alkanes) is 1. The minimum atomic E-state index is -5.19. The molecule has 0 amide bonds. The highest BCUT2D eigenvalue weighted by atomic mass is 19.4. The largest absolute Gasteiger partial charge is 0.422 e. The first-order valence-corrected chi connectivity index (χ1v) is 11.1. The second kappa shape index (κ2) is 9.87. The van der Waals surface area contributed by atoms with E-state index in [1.807, 2.05) is 24.3 Å². The molecule has 0 aliphatic heterocycles. The van der Waals surface area contributed by atoms with Gasteiger partial charge in [-0.05, 0) is 65.8 Å². The van der Waals surface area contributed by atoms with Crippen LogP contribution >= 0.6 is 0 Å². The molecule has 0 bridgehead atoms. The maximum absolute atomic E-state index is 15.2. The number of rotatable bonds is 4. The molecule has 0 saturated carbocycles. The summed E-state index contributed by atoms with van der Waals surface area (Å²) in [5.41, 5.74) is 0.220. The molecule has 0 unspecified atom stereocenters. The van der Waals surface area contributed by atoms with Gasteiger partial charge >= 0.3 is 6.18 Å². The smallest absolute Gasteiger partial charge is 0.206 e. The van der Waals surface area contributed by atoms with Gasteiger partial charge < -0.3 is 0 Å². The molecule has 4 rings (SSSR count). The van der Waals surface area contributed by atoms with Crippen LogP contribution in [-0.4, -0.2) is 0 Å². The standard InChI is InChI=1S/C29H20F6/c1-2-3-4-18-5-7-19(8-6-18)9-10-20-11-13-23-21(15-20)12-14-24(28(23)32)22-16-25(30)27(26(31)17-22)29(33,34)35/h5-8,11-17H,2-4H2,1H3. The average molecular weight is 482 g/mol. The molecule has 0 N–H and O–H groups in total. The Morgan fingerprint density at radius 1 is 0.743 bits per heavy atom. The molecule has 0 spiro atoms.